The average Bonchev–Trinajstić information content (AvgIpc) is 3.27. The number of fused-ring (bicyclic) bond motifs is 1. The molecule has 2 heterocycles. The van der Waals surface area contributed by atoms with Gasteiger partial charge in [-0.1, -0.05) is 11.6 Å². The maximum atomic E-state index is 13.7. The summed E-state index contributed by atoms with van der Waals surface area (Å²) in [7, 11) is 0. The third-order valence-electron chi connectivity index (χ3n) is 6.76. The van der Waals surface area contributed by atoms with Gasteiger partial charge in [-0.15, -0.1) is 0 Å². The monoisotopic (exact) mass is 446 g/mol. The van der Waals surface area contributed by atoms with E-state index in [1.54, 1.807) is 12.3 Å². The van der Waals surface area contributed by atoms with Crippen molar-refractivity contribution in [3.8, 4) is 5.88 Å². The van der Waals surface area contributed by atoms with E-state index >= 15 is 0 Å². The summed E-state index contributed by atoms with van der Waals surface area (Å²) in [5.74, 6) is -0.199. The summed E-state index contributed by atoms with van der Waals surface area (Å²) in [6, 6.07) is 4.46. The van der Waals surface area contributed by atoms with Crippen LogP contribution < -0.4 is 4.74 Å². The van der Waals surface area contributed by atoms with Crippen molar-refractivity contribution in [1.29, 1.82) is 0 Å². The minimum absolute atomic E-state index is 0.0781. The van der Waals surface area contributed by atoms with Crippen LogP contribution in [0.5, 0.6) is 5.88 Å². The van der Waals surface area contributed by atoms with Gasteiger partial charge >= 0.3 is 0 Å². The predicted octanol–water partition coefficient (Wildman–Crippen LogP) is 4.41. The van der Waals surface area contributed by atoms with Crippen LogP contribution in [0, 0.1) is 35.3 Å². The van der Waals surface area contributed by atoms with Gasteiger partial charge in [0, 0.05) is 30.7 Å². The van der Waals surface area contributed by atoms with Crippen molar-refractivity contribution < 1.29 is 18.3 Å². The molecule has 6 nitrogen and oxygen atoms in total. The molecule has 4 unspecified atom stereocenters. The Morgan fingerprint density at radius 3 is 2.61 bits per heavy atom. The molecular weight excluding hydrogens is 426 g/mol. The van der Waals surface area contributed by atoms with Gasteiger partial charge in [0.1, 0.15) is 23.1 Å². The van der Waals surface area contributed by atoms with Crippen LogP contribution in [0.15, 0.2) is 35.7 Å². The molecule has 5 rings (SSSR count). The zero-order valence-electron chi connectivity index (χ0n) is 16.6. The number of nitrogens with zero attached hydrogens (tertiary/aromatic N) is 4. The van der Waals surface area contributed by atoms with E-state index in [0.29, 0.717) is 42.0 Å². The second-order valence-corrected chi connectivity index (χ2v) is 8.82. The number of halogens is 3. The summed E-state index contributed by atoms with van der Waals surface area (Å²) in [6.07, 6.45) is 6.19. The fraction of sp³-hybridized carbons (Fsp3) is 0.455. The Morgan fingerprint density at radius 1 is 1.13 bits per heavy atom. The highest BCUT2D eigenvalue weighted by atomic mass is 35.5. The van der Waals surface area contributed by atoms with Gasteiger partial charge in [0.05, 0.1) is 12.6 Å². The number of benzene rings is 1. The number of rotatable bonds is 5. The van der Waals surface area contributed by atoms with Gasteiger partial charge in [-0.25, -0.2) is 23.8 Å². The summed E-state index contributed by atoms with van der Waals surface area (Å²) < 4.78 is 33.3. The Balaban J connectivity index is 1.28. The molecule has 2 saturated carbocycles. The first-order valence-electron chi connectivity index (χ1n) is 10.4. The minimum Gasteiger partial charge on any atom is -0.477 e. The Morgan fingerprint density at radius 2 is 1.90 bits per heavy atom. The molecule has 0 bridgehead atoms. The van der Waals surface area contributed by atoms with E-state index in [9.17, 15) is 13.6 Å². The van der Waals surface area contributed by atoms with Crippen molar-refractivity contribution in [3.05, 3.63) is 52.9 Å². The van der Waals surface area contributed by atoms with Gasteiger partial charge in [-0.05, 0) is 54.7 Å². The SMILES string of the molecule is O=C([C@H]1CC(COc2cc(Cl)ncn2)C2CCC21)N1N=CCC1c1cc(F)cc(F)c1. The molecule has 2 fully saturated rings. The Hall–Kier alpha value is -2.61. The van der Waals surface area contributed by atoms with Crippen LogP contribution in [0.25, 0.3) is 0 Å². The molecule has 3 aliphatic rings. The third-order valence-corrected chi connectivity index (χ3v) is 6.97. The molecule has 0 N–H and O–H groups in total. The standard InChI is InChI=1S/C22H21ClF2N4O2/c23-20-9-21(27-11-26-20)31-10-13-7-18(17-2-1-16(13)17)22(30)29-19(3-4-28-29)12-5-14(24)8-15(25)6-12/h4-6,8-9,11,13,16-19H,1-3,7,10H2/t13?,16?,17?,18-,19?/m0/s1. The number of amides is 1. The Labute approximate surface area is 183 Å². The molecule has 1 aromatic carbocycles. The molecule has 0 saturated heterocycles. The first kappa shape index (κ1) is 20.3. The van der Waals surface area contributed by atoms with Gasteiger partial charge in [0.2, 0.25) is 11.8 Å². The number of hydrogen-bond acceptors (Lipinski definition) is 5. The Kier molecular flexibility index (Phi) is 5.33. The smallest absolute Gasteiger partial charge is 0.246 e. The van der Waals surface area contributed by atoms with Crippen LogP contribution in [0.4, 0.5) is 8.78 Å². The maximum absolute atomic E-state index is 13.7. The molecule has 1 aromatic heterocycles. The van der Waals surface area contributed by atoms with E-state index in [1.165, 1.54) is 23.5 Å². The Bertz CT molecular complexity index is 1020. The third kappa shape index (κ3) is 3.89. The summed E-state index contributed by atoms with van der Waals surface area (Å²) in [5.41, 5.74) is 0.423. The lowest BCUT2D eigenvalue weighted by atomic mass is 9.70. The largest absolute Gasteiger partial charge is 0.477 e. The topological polar surface area (TPSA) is 67.7 Å². The molecule has 162 valence electrons. The van der Waals surface area contributed by atoms with Crippen LogP contribution in [0.1, 0.15) is 37.3 Å². The zero-order valence-corrected chi connectivity index (χ0v) is 17.4. The van der Waals surface area contributed by atoms with E-state index in [-0.39, 0.29) is 23.7 Å². The maximum Gasteiger partial charge on any atom is 0.246 e. The highest BCUT2D eigenvalue weighted by Crippen LogP contribution is 2.54. The molecule has 2 aromatic rings. The molecule has 0 spiro atoms. The van der Waals surface area contributed by atoms with Crippen LogP contribution in [-0.4, -0.2) is 33.7 Å². The minimum atomic E-state index is -0.656. The van der Waals surface area contributed by atoms with Gasteiger partial charge in [-0.3, -0.25) is 4.79 Å². The number of carbonyl (C=O) groups is 1. The molecule has 5 atom stereocenters. The molecule has 1 aliphatic heterocycles. The highest BCUT2D eigenvalue weighted by molar-refractivity contribution is 6.29. The number of carbonyl (C=O) groups excluding carboxylic acids is 1. The zero-order chi connectivity index (χ0) is 21.5. The lowest BCUT2D eigenvalue weighted by Gasteiger charge is -2.37. The molecular formula is C22H21ClF2N4O2. The first-order valence-corrected chi connectivity index (χ1v) is 10.8. The van der Waals surface area contributed by atoms with Crippen LogP contribution in [0.2, 0.25) is 5.15 Å². The molecule has 1 amide bonds. The lowest BCUT2D eigenvalue weighted by Crippen LogP contribution is -2.38. The number of aromatic nitrogens is 2. The molecule has 2 aliphatic carbocycles. The van der Waals surface area contributed by atoms with Crippen molar-refractivity contribution in [2.24, 2.45) is 28.8 Å². The first-order chi connectivity index (χ1) is 15.0. The number of ether oxygens (including phenoxy) is 1. The molecule has 9 heteroatoms. The number of hydrazone groups is 1. The lowest BCUT2D eigenvalue weighted by molar-refractivity contribution is -0.139. The van der Waals surface area contributed by atoms with Crippen molar-refractivity contribution in [2.45, 2.75) is 31.7 Å². The fourth-order valence-corrected chi connectivity index (χ4v) is 5.35. The quantitative estimate of drug-likeness (QED) is 0.638. The van der Waals surface area contributed by atoms with Crippen LogP contribution >= 0.6 is 11.6 Å². The van der Waals surface area contributed by atoms with Gasteiger partial charge in [-0.2, -0.15) is 5.10 Å². The molecule has 0 radical (unpaired) electrons. The number of hydrogen-bond donors (Lipinski definition) is 0. The summed E-state index contributed by atoms with van der Waals surface area (Å²) in [4.78, 5) is 21.3. The van der Waals surface area contributed by atoms with E-state index < -0.39 is 17.7 Å². The summed E-state index contributed by atoms with van der Waals surface area (Å²) in [5, 5.41) is 6.00. The van der Waals surface area contributed by atoms with Crippen molar-refractivity contribution in [2.75, 3.05) is 6.61 Å². The predicted molar refractivity (Wildman–Crippen MR) is 109 cm³/mol. The second kappa shape index (κ2) is 8.15. The van der Waals surface area contributed by atoms with Crippen molar-refractivity contribution in [3.63, 3.8) is 0 Å². The van der Waals surface area contributed by atoms with Crippen molar-refractivity contribution in [1.82, 2.24) is 15.0 Å². The molecule has 31 heavy (non-hydrogen) atoms. The second-order valence-electron chi connectivity index (χ2n) is 8.43. The van der Waals surface area contributed by atoms with E-state index in [4.69, 9.17) is 16.3 Å². The summed E-state index contributed by atoms with van der Waals surface area (Å²) in [6.45, 7) is 0.458. The van der Waals surface area contributed by atoms with E-state index in [1.807, 2.05) is 0 Å². The van der Waals surface area contributed by atoms with Gasteiger partial charge < -0.3 is 4.74 Å². The van der Waals surface area contributed by atoms with Crippen molar-refractivity contribution >= 4 is 23.7 Å². The van der Waals surface area contributed by atoms with E-state index in [2.05, 4.69) is 15.1 Å². The normalized spacial score (nSPS) is 29.0. The van der Waals surface area contributed by atoms with Crippen LogP contribution in [-0.2, 0) is 4.79 Å². The fourth-order valence-electron chi connectivity index (χ4n) is 5.22. The van der Waals surface area contributed by atoms with Crippen LogP contribution in [0.3, 0.4) is 0 Å². The summed E-state index contributed by atoms with van der Waals surface area (Å²) >= 11 is 5.88. The van der Waals surface area contributed by atoms with E-state index in [0.717, 1.165) is 18.9 Å². The highest BCUT2D eigenvalue weighted by Gasteiger charge is 2.53. The average molecular weight is 447 g/mol. The van der Waals surface area contributed by atoms with Gasteiger partial charge in [0.25, 0.3) is 0 Å². The van der Waals surface area contributed by atoms with Gasteiger partial charge in [0.15, 0.2) is 0 Å².